The molecule has 0 saturated carbocycles. The summed E-state index contributed by atoms with van der Waals surface area (Å²) in [6.07, 6.45) is 0.483. The van der Waals surface area contributed by atoms with Crippen LogP contribution >= 0.6 is 0 Å². The number of carbonyl (C=O) groups excluding carboxylic acids is 1. The summed E-state index contributed by atoms with van der Waals surface area (Å²) in [5.74, 6) is -0.896. The number of carbonyl (C=O) groups is 1. The van der Waals surface area contributed by atoms with Gasteiger partial charge in [0.25, 0.3) is 0 Å². The number of hydrogen-bond donors (Lipinski definition) is 0. The van der Waals surface area contributed by atoms with Crippen LogP contribution in [0.4, 0.5) is 5.69 Å². The van der Waals surface area contributed by atoms with Crippen molar-refractivity contribution in [3.05, 3.63) is 23.8 Å². The first-order valence-electron chi connectivity index (χ1n) is 6.39. The number of nitrogens with zero attached hydrogens (tertiary/aromatic N) is 1. The Labute approximate surface area is 136 Å². The van der Waals surface area contributed by atoms with Crippen molar-refractivity contribution in [1.82, 2.24) is 0 Å². The van der Waals surface area contributed by atoms with Gasteiger partial charge >= 0.3 is 29.6 Å². The maximum atomic E-state index is 11.2. The molecule has 0 spiro atoms. The number of benzene rings is 1. The molecule has 19 heavy (non-hydrogen) atoms. The second-order valence-corrected chi connectivity index (χ2v) is 4.40. The third kappa shape index (κ3) is 3.44. The Bertz CT molecular complexity index is 446. The minimum Gasteiger partial charge on any atom is -0.549 e. The van der Waals surface area contributed by atoms with Gasteiger partial charge in [-0.25, -0.2) is 0 Å². The van der Waals surface area contributed by atoms with Crippen molar-refractivity contribution in [3.63, 3.8) is 0 Å². The Morgan fingerprint density at radius 3 is 2.68 bits per heavy atom. The van der Waals surface area contributed by atoms with Crippen molar-refractivity contribution >= 4 is 11.7 Å². The number of fused-ring (bicyclic) bond motifs is 1. The number of carboxylic acids is 1. The van der Waals surface area contributed by atoms with Gasteiger partial charge in [0, 0.05) is 36.2 Å². The first kappa shape index (κ1) is 16.3. The summed E-state index contributed by atoms with van der Waals surface area (Å²) in [4.78, 5) is 13.3. The number of aliphatic carboxylic acids is 1. The molecule has 5 heteroatoms. The van der Waals surface area contributed by atoms with Gasteiger partial charge in [-0.3, -0.25) is 0 Å². The minimum absolute atomic E-state index is 0. The molecule has 1 heterocycles. The summed E-state index contributed by atoms with van der Waals surface area (Å²) in [5.41, 5.74) is 1.78. The Morgan fingerprint density at radius 2 is 2.11 bits per heavy atom. The topological polar surface area (TPSA) is 52.6 Å². The van der Waals surface area contributed by atoms with Crippen molar-refractivity contribution in [2.45, 2.75) is 26.2 Å². The van der Waals surface area contributed by atoms with Gasteiger partial charge in [-0.2, -0.15) is 0 Å². The van der Waals surface area contributed by atoms with E-state index in [2.05, 4.69) is 18.7 Å². The van der Waals surface area contributed by atoms with Crippen molar-refractivity contribution in [3.8, 4) is 5.75 Å². The maximum Gasteiger partial charge on any atom is 1.00 e. The van der Waals surface area contributed by atoms with E-state index in [0.717, 1.165) is 24.3 Å². The average molecular weight is 271 g/mol. The molecule has 1 aromatic carbocycles. The molecular weight excluding hydrogens is 253 g/mol. The Balaban J connectivity index is 0.00000180. The Hall–Kier alpha value is -0.710. The number of anilines is 1. The predicted octanol–water partition coefficient (Wildman–Crippen LogP) is -1.85. The third-order valence-corrected chi connectivity index (χ3v) is 3.45. The van der Waals surface area contributed by atoms with Crippen LogP contribution in [0.15, 0.2) is 18.2 Å². The van der Waals surface area contributed by atoms with E-state index in [1.807, 2.05) is 18.2 Å². The molecule has 0 aliphatic carbocycles. The van der Waals surface area contributed by atoms with Gasteiger partial charge in [0.15, 0.2) is 0 Å². The van der Waals surface area contributed by atoms with E-state index < -0.39 is 11.9 Å². The van der Waals surface area contributed by atoms with Crippen molar-refractivity contribution in [1.29, 1.82) is 0 Å². The van der Waals surface area contributed by atoms with E-state index in [1.54, 1.807) is 0 Å². The zero-order chi connectivity index (χ0) is 13.1. The molecule has 0 aromatic heterocycles. The van der Waals surface area contributed by atoms with Gasteiger partial charge in [0.1, 0.15) is 5.75 Å². The second kappa shape index (κ2) is 7.17. The molecule has 1 aromatic rings. The fraction of sp³-hybridized carbons (Fsp3) is 0.500. The molecule has 0 saturated heterocycles. The van der Waals surface area contributed by atoms with Crippen LogP contribution in [0.25, 0.3) is 0 Å². The number of hydrogen-bond acceptors (Lipinski definition) is 4. The standard InChI is InChI=1S/C14H19NO3.Na/c1-3-15(4-2)10-5-6-13-12(9-10)11(14(16)17)7-8-18-13;/h5-6,9,11H,3-4,7-8H2,1-2H3,(H,16,17);/q;+1/p-1. The maximum absolute atomic E-state index is 11.2. The SMILES string of the molecule is CCN(CC)c1ccc2c(c1)C(C(=O)[O-])CCO2.[Na+]. The van der Waals surface area contributed by atoms with Crippen LogP contribution in [-0.4, -0.2) is 25.7 Å². The molecule has 1 atom stereocenters. The van der Waals surface area contributed by atoms with Crippen LogP contribution in [0.1, 0.15) is 31.7 Å². The summed E-state index contributed by atoms with van der Waals surface area (Å²) >= 11 is 0. The van der Waals surface area contributed by atoms with E-state index in [9.17, 15) is 9.90 Å². The summed E-state index contributed by atoms with van der Waals surface area (Å²) < 4.78 is 5.50. The zero-order valence-corrected chi connectivity index (χ0v) is 13.8. The van der Waals surface area contributed by atoms with Crippen molar-refractivity contribution < 1.29 is 44.2 Å². The van der Waals surface area contributed by atoms with Crippen LogP contribution in [0.5, 0.6) is 5.75 Å². The van der Waals surface area contributed by atoms with Crippen LogP contribution in [0, 0.1) is 0 Å². The molecule has 0 amide bonds. The van der Waals surface area contributed by atoms with E-state index in [4.69, 9.17) is 4.74 Å². The second-order valence-electron chi connectivity index (χ2n) is 4.40. The smallest absolute Gasteiger partial charge is 0.549 e. The first-order chi connectivity index (χ1) is 8.67. The molecule has 1 aliphatic heterocycles. The fourth-order valence-electron chi connectivity index (χ4n) is 2.41. The summed E-state index contributed by atoms with van der Waals surface area (Å²) in [6, 6.07) is 5.75. The molecular formula is C14H18NNaO3. The van der Waals surface area contributed by atoms with Gasteiger partial charge in [-0.15, -0.1) is 0 Å². The average Bonchev–Trinajstić information content (AvgIpc) is 2.39. The fourth-order valence-corrected chi connectivity index (χ4v) is 2.41. The van der Waals surface area contributed by atoms with Gasteiger partial charge in [0.05, 0.1) is 6.61 Å². The van der Waals surface area contributed by atoms with Crippen LogP contribution in [0.3, 0.4) is 0 Å². The molecule has 0 fully saturated rings. The number of rotatable bonds is 4. The normalized spacial score (nSPS) is 16.8. The van der Waals surface area contributed by atoms with Crippen LogP contribution in [-0.2, 0) is 4.79 Å². The van der Waals surface area contributed by atoms with Gasteiger partial charge < -0.3 is 19.5 Å². The molecule has 0 radical (unpaired) electrons. The summed E-state index contributed by atoms with van der Waals surface area (Å²) in [5, 5.41) is 11.2. The van der Waals surface area contributed by atoms with Crippen LogP contribution in [0.2, 0.25) is 0 Å². The monoisotopic (exact) mass is 271 g/mol. The largest absolute Gasteiger partial charge is 1.00 e. The quantitative estimate of drug-likeness (QED) is 0.604. The predicted molar refractivity (Wildman–Crippen MR) is 67.9 cm³/mol. The Morgan fingerprint density at radius 1 is 1.42 bits per heavy atom. The molecule has 0 bridgehead atoms. The number of carboxylic acid groups (broad SMARTS) is 1. The number of ether oxygens (including phenoxy) is 1. The van der Waals surface area contributed by atoms with Gasteiger partial charge in [-0.1, -0.05) is 0 Å². The summed E-state index contributed by atoms with van der Waals surface area (Å²) in [6.45, 7) is 6.39. The van der Waals surface area contributed by atoms with Gasteiger partial charge in [0.2, 0.25) is 0 Å². The van der Waals surface area contributed by atoms with E-state index in [1.165, 1.54) is 0 Å². The van der Waals surface area contributed by atoms with Crippen LogP contribution < -0.4 is 44.3 Å². The van der Waals surface area contributed by atoms with Gasteiger partial charge in [-0.05, 0) is 38.5 Å². The molecule has 4 nitrogen and oxygen atoms in total. The molecule has 1 unspecified atom stereocenters. The summed E-state index contributed by atoms with van der Waals surface area (Å²) in [7, 11) is 0. The molecule has 98 valence electrons. The van der Waals surface area contributed by atoms with Crippen molar-refractivity contribution in [2.75, 3.05) is 24.6 Å². The van der Waals surface area contributed by atoms with Crippen molar-refractivity contribution in [2.24, 2.45) is 0 Å². The zero-order valence-electron chi connectivity index (χ0n) is 11.8. The molecule has 1 aliphatic rings. The minimum atomic E-state index is -1.02. The Kier molecular flexibility index (Phi) is 6.17. The molecule has 2 rings (SSSR count). The third-order valence-electron chi connectivity index (χ3n) is 3.45. The molecule has 0 N–H and O–H groups in total. The van der Waals surface area contributed by atoms with E-state index >= 15 is 0 Å². The van der Waals surface area contributed by atoms with E-state index in [-0.39, 0.29) is 29.6 Å². The first-order valence-corrected chi connectivity index (χ1v) is 6.39. The van der Waals surface area contributed by atoms with E-state index in [0.29, 0.717) is 18.8 Å².